The van der Waals surface area contributed by atoms with Crippen molar-refractivity contribution in [3.63, 3.8) is 0 Å². The van der Waals surface area contributed by atoms with E-state index in [0.29, 0.717) is 30.3 Å². The van der Waals surface area contributed by atoms with Gasteiger partial charge in [-0.25, -0.2) is 0 Å². The lowest BCUT2D eigenvalue weighted by Gasteiger charge is -2.24. The quantitative estimate of drug-likeness (QED) is 0.782. The number of fused-ring (bicyclic) bond motifs is 1. The Labute approximate surface area is 150 Å². The van der Waals surface area contributed by atoms with E-state index in [4.69, 9.17) is 9.47 Å². The van der Waals surface area contributed by atoms with E-state index in [1.165, 1.54) is 0 Å². The maximum absolute atomic E-state index is 12.6. The van der Waals surface area contributed by atoms with Gasteiger partial charge in [-0.2, -0.15) is 5.10 Å². The van der Waals surface area contributed by atoms with Gasteiger partial charge in [0.2, 0.25) is 11.8 Å². The molecule has 4 rings (SSSR count). The van der Waals surface area contributed by atoms with Crippen molar-refractivity contribution in [1.82, 2.24) is 10.2 Å². The highest BCUT2D eigenvalue weighted by Gasteiger charge is 2.25. The van der Waals surface area contributed by atoms with Crippen LogP contribution in [0.25, 0.3) is 0 Å². The highest BCUT2D eigenvalue weighted by atomic mass is 16.5. The second-order valence-electron chi connectivity index (χ2n) is 6.00. The predicted octanol–water partition coefficient (Wildman–Crippen LogP) is 3.46. The van der Waals surface area contributed by atoms with Crippen LogP contribution in [-0.2, 0) is 11.2 Å². The van der Waals surface area contributed by atoms with Gasteiger partial charge in [0.25, 0.3) is 0 Å². The van der Waals surface area contributed by atoms with E-state index in [9.17, 15) is 4.79 Å². The Kier molecular flexibility index (Phi) is 4.47. The Bertz CT molecular complexity index is 915. The lowest BCUT2D eigenvalue weighted by Crippen LogP contribution is -2.32. The van der Waals surface area contributed by atoms with Gasteiger partial charge in [0.05, 0.1) is 5.92 Å². The molecular weight excluding hydrogens is 330 g/mol. The molecule has 1 amide bonds. The van der Waals surface area contributed by atoms with E-state index in [-0.39, 0.29) is 11.8 Å². The van der Waals surface area contributed by atoms with Crippen molar-refractivity contribution < 1.29 is 14.3 Å². The molecular formula is C20H17N3O3. The number of amides is 1. The number of rotatable bonds is 4. The Hall–Kier alpha value is -3.41. The summed E-state index contributed by atoms with van der Waals surface area (Å²) in [6.45, 7) is 0.374. The lowest BCUT2D eigenvalue weighted by molar-refractivity contribution is -0.121. The predicted molar refractivity (Wildman–Crippen MR) is 96.3 cm³/mol. The molecule has 1 N–H and O–H groups in total. The molecule has 0 fully saturated rings. The standard InChI is InChI=1S/C20H17N3O3/c24-20(15-11-14-5-1-2-8-18(14)25-13-15)22-16-6-3-7-17(12-16)26-19-9-4-10-21-23-19/h1-10,12,15H,11,13H2,(H,22,24)/t15-/m0/s1. The fourth-order valence-corrected chi connectivity index (χ4v) is 2.84. The summed E-state index contributed by atoms with van der Waals surface area (Å²) >= 11 is 0. The topological polar surface area (TPSA) is 73.3 Å². The Morgan fingerprint density at radius 2 is 2.04 bits per heavy atom. The number of nitrogens with zero attached hydrogens (tertiary/aromatic N) is 2. The summed E-state index contributed by atoms with van der Waals surface area (Å²) in [6.07, 6.45) is 2.24. The number of anilines is 1. The zero-order valence-corrected chi connectivity index (χ0v) is 14.0. The minimum absolute atomic E-state index is 0.0730. The largest absolute Gasteiger partial charge is 0.492 e. The lowest BCUT2D eigenvalue weighted by atomic mass is 9.96. The molecule has 1 atom stereocenters. The molecule has 1 aliphatic rings. The van der Waals surface area contributed by atoms with Gasteiger partial charge in [-0.05, 0) is 36.2 Å². The van der Waals surface area contributed by atoms with Crippen molar-refractivity contribution in [3.8, 4) is 17.4 Å². The van der Waals surface area contributed by atoms with Crippen LogP contribution in [0.3, 0.4) is 0 Å². The van der Waals surface area contributed by atoms with Crippen LogP contribution in [0, 0.1) is 5.92 Å². The van der Waals surface area contributed by atoms with Crippen LogP contribution >= 0.6 is 0 Å². The second-order valence-corrected chi connectivity index (χ2v) is 6.00. The molecule has 6 heteroatoms. The first-order valence-electron chi connectivity index (χ1n) is 8.35. The van der Waals surface area contributed by atoms with Crippen LogP contribution in [0.1, 0.15) is 5.56 Å². The van der Waals surface area contributed by atoms with Gasteiger partial charge < -0.3 is 14.8 Å². The van der Waals surface area contributed by atoms with Crippen LogP contribution in [0.2, 0.25) is 0 Å². The fourth-order valence-electron chi connectivity index (χ4n) is 2.84. The van der Waals surface area contributed by atoms with Crippen LogP contribution < -0.4 is 14.8 Å². The van der Waals surface area contributed by atoms with E-state index in [2.05, 4.69) is 15.5 Å². The van der Waals surface area contributed by atoms with Gasteiger partial charge in [-0.15, -0.1) is 5.10 Å². The molecule has 2 heterocycles. The molecule has 0 aliphatic carbocycles. The van der Waals surface area contributed by atoms with E-state index in [1.807, 2.05) is 36.4 Å². The number of aromatic nitrogens is 2. The maximum atomic E-state index is 12.6. The average Bonchev–Trinajstić information content (AvgIpc) is 2.68. The third-order valence-corrected chi connectivity index (χ3v) is 4.12. The Balaban J connectivity index is 1.43. The number of carbonyl (C=O) groups excluding carboxylic acids is 1. The number of hydrogen-bond acceptors (Lipinski definition) is 5. The number of para-hydroxylation sites is 1. The van der Waals surface area contributed by atoms with Crippen molar-refractivity contribution >= 4 is 11.6 Å². The first-order valence-corrected chi connectivity index (χ1v) is 8.35. The van der Waals surface area contributed by atoms with Crippen LogP contribution in [0.15, 0.2) is 66.9 Å². The molecule has 130 valence electrons. The third-order valence-electron chi connectivity index (χ3n) is 4.12. The second kappa shape index (κ2) is 7.23. The summed E-state index contributed by atoms with van der Waals surface area (Å²) in [7, 11) is 0. The smallest absolute Gasteiger partial charge is 0.238 e. The van der Waals surface area contributed by atoms with Crippen molar-refractivity contribution in [2.24, 2.45) is 5.92 Å². The third kappa shape index (κ3) is 3.64. The molecule has 1 aromatic heterocycles. The normalized spacial score (nSPS) is 15.5. The van der Waals surface area contributed by atoms with Crippen molar-refractivity contribution in [2.45, 2.75) is 6.42 Å². The summed E-state index contributed by atoms with van der Waals surface area (Å²) in [5.41, 5.74) is 1.72. The van der Waals surface area contributed by atoms with Crippen LogP contribution in [0.4, 0.5) is 5.69 Å². The number of ether oxygens (including phenoxy) is 2. The van der Waals surface area contributed by atoms with Gasteiger partial charge in [0.1, 0.15) is 18.1 Å². The highest BCUT2D eigenvalue weighted by Crippen LogP contribution is 2.28. The molecule has 2 aromatic carbocycles. The zero-order valence-electron chi connectivity index (χ0n) is 14.0. The Morgan fingerprint density at radius 3 is 2.92 bits per heavy atom. The zero-order chi connectivity index (χ0) is 17.8. The minimum atomic E-state index is -0.227. The number of benzene rings is 2. The molecule has 6 nitrogen and oxygen atoms in total. The SMILES string of the molecule is O=C(Nc1cccc(Oc2cccnn2)c1)[C@@H]1COc2ccccc2C1. The van der Waals surface area contributed by atoms with Gasteiger partial charge >= 0.3 is 0 Å². The van der Waals surface area contributed by atoms with E-state index in [0.717, 1.165) is 11.3 Å². The van der Waals surface area contributed by atoms with Gasteiger partial charge in [0.15, 0.2) is 0 Å². The summed E-state index contributed by atoms with van der Waals surface area (Å²) in [5.74, 6) is 1.53. The first-order chi connectivity index (χ1) is 12.8. The van der Waals surface area contributed by atoms with Crippen LogP contribution in [-0.4, -0.2) is 22.7 Å². The monoisotopic (exact) mass is 347 g/mol. The van der Waals surface area contributed by atoms with Crippen molar-refractivity contribution in [1.29, 1.82) is 0 Å². The van der Waals surface area contributed by atoms with Crippen molar-refractivity contribution in [3.05, 3.63) is 72.4 Å². The molecule has 0 bridgehead atoms. The minimum Gasteiger partial charge on any atom is -0.492 e. The van der Waals surface area contributed by atoms with Gasteiger partial charge in [0, 0.05) is 24.0 Å². The summed E-state index contributed by atoms with van der Waals surface area (Å²) < 4.78 is 11.3. The fraction of sp³-hybridized carbons (Fsp3) is 0.150. The highest BCUT2D eigenvalue weighted by molar-refractivity contribution is 5.93. The molecule has 0 saturated heterocycles. The van der Waals surface area contributed by atoms with Crippen LogP contribution in [0.5, 0.6) is 17.4 Å². The molecule has 3 aromatic rings. The van der Waals surface area contributed by atoms with Gasteiger partial charge in [-0.1, -0.05) is 24.3 Å². The molecule has 1 aliphatic heterocycles. The molecule has 0 spiro atoms. The summed E-state index contributed by atoms with van der Waals surface area (Å²) in [5, 5.41) is 10.6. The summed E-state index contributed by atoms with van der Waals surface area (Å²) in [6, 6.07) is 18.4. The molecule has 0 unspecified atom stereocenters. The maximum Gasteiger partial charge on any atom is 0.238 e. The van der Waals surface area contributed by atoms with E-state index in [1.54, 1.807) is 30.5 Å². The first kappa shape index (κ1) is 16.1. The molecule has 0 radical (unpaired) electrons. The number of nitrogens with one attached hydrogen (secondary N) is 1. The molecule has 0 saturated carbocycles. The average molecular weight is 347 g/mol. The van der Waals surface area contributed by atoms with E-state index >= 15 is 0 Å². The number of carbonyl (C=O) groups is 1. The van der Waals surface area contributed by atoms with E-state index < -0.39 is 0 Å². The van der Waals surface area contributed by atoms with Gasteiger partial charge in [-0.3, -0.25) is 4.79 Å². The molecule has 26 heavy (non-hydrogen) atoms. The summed E-state index contributed by atoms with van der Waals surface area (Å²) in [4.78, 5) is 12.6. The van der Waals surface area contributed by atoms with Crippen molar-refractivity contribution in [2.75, 3.05) is 11.9 Å². The number of hydrogen-bond donors (Lipinski definition) is 1. The Morgan fingerprint density at radius 1 is 1.12 bits per heavy atom.